The molecule has 112 valence electrons. The molecule has 0 aromatic rings. The van der Waals surface area contributed by atoms with E-state index in [1.807, 2.05) is 13.8 Å². The van der Waals surface area contributed by atoms with Crippen LogP contribution in [0.25, 0.3) is 0 Å². The van der Waals surface area contributed by atoms with Crippen LogP contribution in [0, 0.1) is 17.3 Å². The number of carboxylic acids is 1. The number of hydrogen-bond donors (Lipinski definition) is 1. The Balaban J connectivity index is 2.36. The Morgan fingerprint density at radius 1 is 1.47 bits per heavy atom. The van der Waals surface area contributed by atoms with Gasteiger partial charge in [-0.15, -0.1) is 0 Å². The summed E-state index contributed by atoms with van der Waals surface area (Å²) in [5.74, 6) is 0.124. The lowest BCUT2D eigenvalue weighted by atomic mass is 9.74. The molecule has 1 fully saturated rings. The summed E-state index contributed by atoms with van der Waals surface area (Å²) in [6.45, 7) is 12.4. The predicted octanol–water partition coefficient (Wildman–Crippen LogP) is 2.48. The zero-order valence-corrected chi connectivity index (χ0v) is 12.8. The number of rotatable bonds is 7. The van der Waals surface area contributed by atoms with Crippen LogP contribution < -0.4 is 0 Å². The summed E-state index contributed by atoms with van der Waals surface area (Å²) in [5, 5.41) is 9.31. The van der Waals surface area contributed by atoms with E-state index < -0.39 is 11.4 Å². The highest BCUT2D eigenvalue weighted by atomic mass is 16.5. The van der Waals surface area contributed by atoms with Crippen LogP contribution in [0.3, 0.4) is 0 Å². The van der Waals surface area contributed by atoms with Crippen molar-refractivity contribution in [3.63, 3.8) is 0 Å². The molecule has 1 saturated heterocycles. The first-order valence-electron chi connectivity index (χ1n) is 7.37. The molecule has 1 aliphatic heterocycles. The van der Waals surface area contributed by atoms with Gasteiger partial charge < -0.3 is 14.7 Å². The highest BCUT2D eigenvalue weighted by molar-refractivity contribution is 5.74. The second-order valence-corrected chi connectivity index (χ2v) is 6.64. The second kappa shape index (κ2) is 7.25. The van der Waals surface area contributed by atoms with E-state index >= 15 is 0 Å². The fourth-order valence-electron chi connectivity index (χ4n) is 2.53. The molecule has 0 spiro atoms. The van der Waals surface area contributed by atoms with Crippen LogP contribution >= 0.6 is 0 Å². The third kappa shape index (κ3) is 5.11. The van der Waals surface area contributed by atoms with Crippen LogP contribution in [0.5, 0.6) is 0 Å². The standard InChI is InChI=1S/C15H29NO3/c1-12(2)11-19-9-8-16-7-5-6-13(10-16)15(3,4)14(17)18/h12-13H,5-11H2,1-4H3,(H,17,18). The average Bonchev–Trinajstić information content (AvgIpc) is 2.34. The van der Waals surface area contributed by atoms with Gasteiger partial charge in [-0.1, -0.05) is 13.8 Å². The number of carbonyl (C=O) groups is 1. The molecule has 1 N–H and O–H groups in total. The Bertz CT molecular complexity index is 289. The van der Waals surface area contributed by atoms with E-state index in [2.05, 4.69) is 18.7 Å². The first-order valence-corrected chi connectivity index (χ1v) is 7.37. The van der Waals surface area contributed by atoms with Gasteiger partial charge in [-0.25, -0.2) is 0 Å². The van der Waals surface area contributed by atoms with Gasteiger partial charge in [-0.3, -0.25) is 4.79 Å². The van der Waals surface area contributed by atoms with E-state index in [-0.39, 0.29) is 5.92 Å². The predicted molar refractivity (Wildman–Crippen MR) is 76.2 cm³/mol. The molecule has 0 aliphatic carbocycles. The van der Waals surface area contributed by atoms with Gasteiger partial charge in [0, 0.05) is 19.7 Å². The zero-order chi connectivity index (χ0) is 14.5. The normalized spacial score (nSPS) is 21.8. The molecule has 19 heavy (non-hydrogen) atoms. The van der Waals surface area contributed by atoms with Crippen LogP contribution in [-0.4, -0.2) is 48.8 Å². The minimum absolute atomic E-state index is 0.240. The number of likely N-dealkylation sites (tertiary alicyclic amines) is 1. The summed E-state index contributed by atoms with van der Waals surface area (Å²) in [7, 11) is 0. The van der Waals surface area contributed by atoms with Gasteiger partial charge in [0.2, 0.25) is 0 Å². The first kappa shape index (κ1) is 16.4. The molecule has 0 bridgehead atoms. The van der Waals surface area contributed by atoms with E-state index in [1.54, 1.807) is 0 Å². The Morgan fingerprint density at radius 3 is 2.74 bits per heavy atom. The van der Waals surface area contributed by atoms with Gasteiger partial charge in [0.05, 0.1) is 12.0 Å². The number of piperidine rings is 1. The highest BCUT2D eigenvalue weighted by Crippen LogP contribution is 2.34. The van der Waals surface area contributed by atoms with Crippen LogP contribution in [0.4, 0.5) is 0 Å². The third-order valence-electron chi connectivity index (χ3n) is 4.08. The summed E-state index contributed by atoms with van der Waals surface area (Å²) in [4.78, 5) is 13.7. The van der Waals surface area contributed by atoms with Gasteiger partial charge in [0.25, 0.3) is 0 Å². The van der Waals surface area contributed by atoms with Crippen LogP contribution in [0.15, 0.2) is 0 Å². The van der Waals surface area contributed by atoms with Gasteiger partial charge in [-0.05, 0) is 45.1 Å². The van der Waals surface area contributed by atoms with E-state index in [1.165, 1.54) is 0 Å². The Kier molecular flexibility index (Phi) is 6.27. The van der Waals surface area contributed by atoms with Gasteiger partial charge in [0.1, 0.15) is 0 Å². The van der Waals surface area contributed by atoms with Crippen LogP contribution in [-0.2, 0) is 9.53 Å². The molecular formula is C15H29NO3. The SMILES string of the molecule is CC(C)COCCN1CCCC(C(C)(C)C(=O)O)C1. The zero-order valence-electron chi connectivity index (χ0n) is 12.8. The maximum Gasteiger partial charge on any atom is 0.309 e. The number of nitrogens with zero attached hydrogens (tertiary/aromatic N) is 1. The highest BCUT2D eigenvalue weighted by Gasteiger charge is 2.38. The number of carboxylic acid groups (broad SMARTS) is 1. The molecule has 0 aromatic heterocycles. The van der Waals surface area contributed by atoms with Crippen molar-refractivity contribution in [1.29, 1.82) is 0 Å². The lowest BCUT2D eigenvalue weighted by Gasteiger charge is -2.39. The molecule has 1 rings (SSSR count). The first-order chi connectivity index (χ1) is 8.84. The van der Waals surface area contributed by atoms with Crippen molar-refractivity contribution in [2.24, 2.45) is 17.3 Å². The van der Waals surface area contributed by atoms with Gasteiger partial charge >= 0.3 is 5.97 Å². The van der Waals surface area contributed by atoms with Crippen LogP contribution in [0.2, 0.25) is 0 Å². The molecule has 4 nitrogen and oxygen atoms in total. The minimum atomic E-state index is -0.685. The van der Waals surface area contributed by atoms with Crippen molar-refractivity contribution >= 4 is 5.97 Å². The van der Waals surface area contributed by atoms with E-state index in [4.69, 9.17) is 4.74 Å². The fourth-order valence-corrected chi connectivity index (χ4v) is 2.53. The van der Waals surface area contributed by atoms with Crippen molar-refractivity contribution < 1.29 is 14.6 Å². The maximum absolute atomic E-state index is 11.3. The maximum atomic E-state index is 11.3. The van der Waals surface area contributed by atoms with Crippen molar-refractivity contribution in [1.82, 2.24) is 4.90 Å². The van der Waals surface area contributed by atoms with E-state index in [9.17, 15) is 9.90 Å². The quantitative estimate of drug-likeness (QED) is 0.723. The molecule has 0 radical (unpaired) electrons. The van der Waals surface area contributed by atoms with Crippen molar-refractivity contribution in [2.75, 3.05) is 32.8 Å². The van der Waals surface area contributed by atoms with Gasteiger partial charge in [-0.2, -0.15) is 0 Å². The molecule has 1 heterocycles. The molecule has 1 atom stereocenters. The summed E-state index contributed by atoms with van der Waals surface area (Å²) in [5.41, 5.74) is -0.628. The minimum Gasteiger partial charge on any atom is -0.481 e. The Morgan fingerprint density at radius 2 is 2.16 bits per heavy atom. The smallest absolute Gasteiger partial charge is 0.309 e. The molecule has 0 saturated carbocycles. The molecule has 1 unspecified atom stereocenters. The summed E-state index contributed by atoms with van der Waals surface area (Å²) in [6.07, 6.45) is 2.11. The topological polar surface area (TPSA) is 49.8 Å². The summed E-state index contributed by atoms with van der Waals surface area (Å²) >= 11 is 0. The molecule has 4 heteroatoms. The second-order valence-electron chi connectivity index (χ2n) is 6.64. The largest absolute Gasteiger partial charge is 0.481 e. The third-order valence-corrected chi connectivity index (χ3v) is 4.08. The van der Waals surface area contributed by atoms with Gasteiger partial charge in [0.15, 0.2) is 0 Å². The van der Waals surface area contributed by atoms with E-state index in [0.717, 1.165) is 45.7 Å². The molecular weight excluding hydrogens is 242 g/mol. The summed E-state index contributed by atoms with van der Waals surface area (Å²) < 4.78 is 5.61. The number of aliphatic carboxylic acids is 1. The van der Waals surface area contributed by atoms with Crippen molar-refractivity contribution in [2.45, 2.75) is 40.5 Å². The van der Waals surface area contributed by atoms with Crippen molar-refractivity contribution in [3.8, 4) is 0 Å². The Hall–Kier alpha value is -0.610. The van der Waals surface area contributed by atoms with Crippen LogP contribution in [0.1, 0.15) is 40.5 Å². The summed E-state index contributed by atoms with van der Waals surface area (Å²) in [6, 6.07) is 0. The van der Waals surface area contributed by atoms with E-state index in [0.29, 0.717) is 5.92 Å². The molecule has 1 aliphatic rings. The molecule has 0 aromatic carbocycles. The number of hydrogen-bond acceptors (Lipinski definition) is 3. The Labute approximate surface area is 117 Å². The van der Waals surface area contributed by atoms with Crippen molar-refractivity contribution in [3.05, 3.63) is 0 Å². The fraction of sp³-hybridized carbons (Fsp3) is 0.933. The lowest BCUT2D eigenvalue weighted by molar-refractivity contribution is -0.151. The monoisotopic (exact) mass is 271 g/mol. The average molecular weight is 271 g/mol. The number of ether oxygens (including phenoxy) is 1. The lowest BCUT2D eigenvalue weighted by Crippen LogP contribution is -2.45. The molecule has 0 amide bonds.